The lowest BCUT2D eigenvalue weighted by molar-refractivity contribution is 0.303. The lowest BCUT2D eigenvalue weighted by Crippen LogP contribution is -2.04. The number of rotatable bonds is 4. The largest absolute Gasteiger partial charge is 0.490 e. The van der Waals surface area contributed by atoms with Crippen LogP contribution < -0.4 is 4.74 Å². The van der Waals surface area contributed by atoms with Gasteiger partial charge in [-0.1, -0.05) is 6.07 Å². The maximum atomic E-state index is 13.8. The molecule has 0 aliphatic carbocycles. The van der Waals surface area contributed by atoms with Gasteiger partial charge in [0.2, 0.25) is 0 Å². The van der Waals surface area contributed by atoms with E-state index >= 15 is 0 Å². The molecule has 5 heteroatoms. The highest BCUT2D eigenvalue weighted by Crippen LogP contribution is 2.28. The van der Waals surface area contributed by atoms with Crippen LogP contribution in [0, 0.1) is 17.1 Å². The van der Waals surface area contributed by atoms with Gasteiger partial charge in [0.1, 0.15) is 6.07 Å². The molecule has 0 amide bonds. The van der Waals surface area contributed by atoms with Crippen LogP contribution in [0.25, 0.3) is 0 Å². The zero-order chi connectivity index (χ0) is 13.7. The van der Waals surface area contributed by atoms with Crippen LogP contribution in [0.1, 0.15) is 11.3 Å². The fraction of sp³-hybridized carbons (Fsp3) is 0.143. The fourth-order valence-electron chi connectivity index (χ4n) is 1.54. The summed E-state index contributed by atoms with van der Waals surface area (Å²) in [5.74, 6) is -0.429. The third-order valence-electron chi connectivity index (χ3n) is 2.51. The molecule has 0 bridgehead atoms. The Balaban J connectivity index is 2.01. The molecule has 96 valence electrons. The minimum absolute atomic E-state index is 0.127. The van der Waals surface area contributed by atoms with Gasteiger partial charge in [-0.3, -0.25) is 4.98 Å². The van der Waals surface area contributed by atoms with E-state index in [0.717, 1.165) is 5.69 Å². The molecule has 2 rings (SSSR count). The van der Waals surface area contributed by atoms with Gasteiger partial charge in [-0.2, -0.15) is 5.26 Å². The molecule has 0 fully saturated rings. The maximum absolute atomic E-state index is 13.8. The Morgan fingerprint density at radius 1 is 1.32 bits per heavy atom. The summed E-state index contributed by atoms with van der Waals surface area (Å²) in [6.45, 7) is 0.326. The van der Waals surface area contributed by atoms with Crippen LogP contribution in [0.5, 0.6) is 5.75 Å². The summed E-state index contributed by atoms with van der Waals surface area (Å²) in [4.78, 5) is 4.15. The zero-order valence-electron chi connectivity index (χ0n) is 9.94. The highest BCUT2D eigenvalue weighted by atomic mass is 79.9. The average molecular weight is 321 g/mol. The van der Waals surface area contributed by atoms with Gasteiger partial charge in [-0.05, 0) is 40.2 Å². The van der Waals surface area contributed by atoms with Crippen LogP contribution in [0.2, 0.25) is 0 Å². The number of nitriles is 1. The molecule has 0 saturated heterocycles. The van der Waals surface area contributed by atoms with Gasteiger partial charge >= 0.3 is 0 Å². The number of ether oxygens (including phenoxy) is 1. The highest BCUT2D eigenvalue weighted by molar-refractivity contribution is 9.10. The summed E-state index contributed by atoms with van der Waals surface area (Å²) in [7, 11) is 0. The molecule has 3 nitrogen and oxygen atoms in total. The lowest BCUT2D eigenvalue weighted by atomic mass is 10.2. The second kappa shape index (κ2) is 6.30. The Morgan fingerprint density at radius 3 is 2.84 bits per heavy atom. The zero-order valence-corrected chi connectivity index (χ0v) is 11.5. The van der Waals surface area contributed by atoms with E-state index in [0.29, 0.717) is 13.0 Å². The van der Waals surface area contributed by atoms with E-state index in [9.17, 15) is 4.39 Å². The maximum Gasteiger partial charge on any atom is 0.180 e. The van der Waals surface area contributed by atoms with E-state index in [4.69, 9.17) is 10.00 Å². The van der Waals surface area contributed by atoms with E-state index < -0.39 is 5.82 Å². The molecular weight excluding hydrogens is 311 g/mol. The van der Waals surface area contributed by atoms with Crippen LogP contribution in [-0.2, 0) is 6.42 Å². The van der Waals surface area contributed by atoms with Crippen molar-refractivity contribution in [1.29, 1.82) is 5.26 Å². The minimum atomic E-state index is -0.555. The second-order valence-electron chi connectivity index (χ2n) is 3.77. The van der Waals surface area contributed by atoms with E-state index in [1.54, 1.807) is 6.20 Å². The standard InChI is InChI=1S/C14H10BrFN2O/c15-13-10(9-17)4-5-12(14(13)16)19-8-6-11-3-1-2-7-18-11/h1-5,7H,6,8H2. The Bertz CT molecular complexity index is 611. The molecule has 0 unspecified atom stereocenters. The molecular formula is C14H10BrFN2O. The number of benzene rings is 1. The minimum Gasteiger partial charge on any atom is -0.490 e. The summed E-state index contributed by atoms with van der Waals surface area (Å²) in [5.41, 5.74) is 1.13. The van der Waals surface area contributed by atoms with Gasteiger partial charge < -0.3 is 4.74 Å². The molecule has 0 aliphatic rings. The van der Waals surface area contributed by atoms with Crippen LogP contribution in [0.3, 0.4) is 0 Å². The fourth-order valence-corrected chi connectivity index (χ4v) is 1.96. The SMILES string of the molecule is N#Cc1ccc(OCCc2ccccn2)c(F)c1Br. The smallest absolute Gasteiger partial charge is 0.180 e. The topological polar surface area (TPSA) is 45.9 Å². The number of nitrogens with zero attached hydrogens (tertiary/aromatic N) is 2. The van der Waals surface area contributed by atoms with Crippen molar-refractivity contribution in [3.63, 3.8) is 0 Å². The summed E-state index contributed by atoms with van der Waals surface area (Å²) in [5, 5.41) is 8.76. The van der Waals surface area contributed by atoms with Crippen LogP contribution in [-0.4, -0.2) is 11.6 Å². The first-order valence-corrected chi connectivity index (χ1v) is 6.42. The first-order valence-electron chi connectivity index (χ1n) is 5.63. The van der Waals surface area contributed by atoms with Crippen LogP contribution >= 0.6 is 15.9 Å². The molecule has 0 N–H and O–H groups in total. The summed E-state index contributed by atoms with van der Waals surface area (Å²) < 4.78 is 19.3. The predicted octanol–water partition coefficient (Wildman–Crippen LogP) is 3.48. The van der Waals surface area contributed by atoms with Gasteiger partial charge in [-0.15, -0.1) is 0 Å². The quantitative estimate of drug-likeness (QED) is 0.866. The molecule has 0 saturated carbocycles. The van der Waals surface area contributed by atoms with E-state index in [-0.39, 0.29) is 15.8 Å². The lowest BCUT2D eigenvalue weighted by Gasteiger charge is -2.08. The predicted molar refractivity (Wildman–Crippen MR) is 72.3 cm³/mol. The van der Waals surface area contributed by atoms with E-state index in [1.165, 1.54) is 12.1 Å². The summed E-state index contributed by atoms with van der Waals surface area (Å²) in [6, 6.07) is 10.5. The third-order valence-corrected chi connectivity index (χ3v) is 3.28. The van der Waals surface area contributed by atoms with Crippen molar-refractivity contribution in [3.8, 4) is 11.8 Å². The molecule has 0 atom stereocenters. The number of aromatic nitrogens is 1. The van der Waals surface area contributed by atoms with Gasteiger partial charge in [0.15, 0.2) is 11.6 Å². The van der Waals surface area contributed by atoms with Crippen molar-refractivity contribution < 1.29 is 9.13 Å². The Hall–Kier alpha value is -1.93. The van der Waals surface area contributed by atoms with Gasteiger partial charge in [-0.25, -0.2) is 4.39 Å². The molecule has 1 heterocycles. The van der Waals surface area contributed by atoms with Crippen molar-refractivity contribution in [1.82, 2.24) is 4.98 Å². The van der Waals surface area contributed by atoms with Crippen LogP contribution in [0.4, 0.5) is 4.39 Å². The Morgan fingerprint density at radius 2 is 2.16 bits per heavy atom. The highest BCUT2D eigenvalue weighted by Gasteiger charge is 2.12. The van der Waals surface area contributed by atoms with Gasteiger partial charge in [0.25, 0.3) is 0 Å². The van der Waals surface area contributed by atoms with Crippen LogP contribution in [0.15, 0.2) is 41.0 Å². The molecule has 19 heavy (non-hydrogen) atoms. The summed E-state index contributed by atoms with van der Waals surface area (Å²) >= 11 is 3.04. The van der Waals surface area contributed by atoms with Crippen molar-refractivity contribution >= 4 is 15.9 Å². The number of pyridine rings is 1. The molecule has 1 aromatic heterocycles. The number of hydrogen-bond acceptors (Lipinski definition) is 3. The molecule has 1 aromatic carbocycles. The Kier molecular flexibility index (Phi) is 4.48. The van der Waals surface area contributed by atoms with E-state index in [2.05, 4.69) is 20.9 Å². The second-order valence-corrected chi connectivity index (χ2v) is 4.56. The monoisotopic (exact) mass is 320 g/mol. The number of halogens is 2. The van der Waals surface area contributed by atoms with Gasteiger partial charge in [0.05, 0.1) is 16.6 Å². The molecule has 0 radical (unpaired) electrons. The van der Waals surface area contributed by atoms with Crippen molar-refractivity contribution in [2.45, 2.75) is 6.42 Å². The molecule has 0 spiro atoms. The van der Waals surface area contributed by atoms with E-state index in [1.807, 2.05) is 24.3 Å². The normalized spacial score (nSPS) is 9.95. The Labute approximate surface area is 118 Å². The summed E-state index contributed by atoms with van der Waals surface area (Å²) in [6.07, 6.45) is 2.30. The first kappa shape index (κ1) is 13.5. The van der Waals surface area contributed by atoms with Gasteiger partial charge in [0, 0.05) is 18.3 Å². The first-order chi connectivity index (χ1) is 9.22. The van der Waals surface area contributed by atoms with Crippen molar-refractivity contribution in [2.75, 3.05) is 6.61 Å². The molecule has 2 aromatic rings. The average Bonchev–Trinajstić information content (AvgIpc) is 2.45. The van der Waals surface area contributed by atoms with Crippen molar-refractivity contribution in [2.24, 2.45) is 0 Å². The molecule has 0 aliphatic heterocycles. The third kappa shape index (κ3) is 3.30. The van der Waals surface area contributed by atoms with Crippen molar-refractivity contribution in [3.05, 3.63) is 58.1 Å². The number of hydrogen-bond donors (Lipinski definition) is 0.